The lowest BCUT2D eigenvalue weighted by molar-refractivity contribution is -0.142. The zero-order valence-electron chi connectivity index (χ0n) is 25.8. The molecule has 19 heteroatoms. The Labute approximate surface area is 269 Å². The number of rotatable bonds is 20. The van der Waals surface area contributed by atoms with Crippen LogP contribution in [0.1, 0.15) is 32.3 Å². The van der Waals surface area contributed by atoms with Gasteiger partial charge in [-0.25, -0.2) is 4.79 Å². The molecule has 0 spiro atoms. The third kappa shape index (κ3) is 13.6. The molecule has 0 aliphatic rings. The predicted octanol–water partition coefficient (Wildman–Crippen LogP) is -5.33. The number of carboxylic acids is 1. The van der Waals surface area contributed by atoms with Crippen LogP contribution < -0.4 is 38.1 Å². The fourth-order valence-corrected chi connectivity index (χ4v) is 3.95. The standard InChI is InChI=1S/C28H43N7O12/c1-13(2)22(35-26(44)20(12-38)32-23(41)16(29)7-8-21(30)40)27(45)34-19(11-37)25(43)33-18(10-36)24(42)31-17(28(46)47)9-14-3-5-15(39)6-4-14/h3-6,13,16-20,22,36-39H,7-12,29H2,1-2H3,(H2,30,40)(H,31,42)(H,32,41)(H,33,43)(H,34,45)(H,35,44)(H,46,47)/t16-,17-,18-,19-,20-,22-/m0/s1. The molecule has 262 valence electrons. The molecule has 1 rings (SSSR count). The molecule has 0 aliphatic heterocycles. The molecule has 0 radical (unpaired) electrons. The van der Waals surface area contributed by atoms with E-state index in [2.05, 4.69) is 26.6 Å². The van der Waals surface area contributed by atoms with Crippen LogP contribution in [0.15, 0.2) is 24.3 Å². The molecular formula is C28H43N7O12. The van der Waals surface area contributed by atoms with Gasteiger partial charge < -0.3 is 63.6 Å². The smallest absolute Gasteiger partial charge is 0.326 e. The fourth-order valence-electron chi connectivity index (χ4n) is 3.95. The van der Waals surface area contributed by atoms with E-state index in [4.69, 9.17) is 11.5 Å². The van der Waals surface area contributed by atoms with Gasteiger partial charge in [-0.3, -0.25) is 28.8 Å². The van der Waals surface area contributed by atoms with Crippen LogP contribution in [0.4, 0.5) is 0 Å². The Bertz CT molecular complexity index is 1260. The van der Waals surface area contributed by atoms with Crippen LogP contribution in [0.5, 0.6) is 5.75 Å². The van der Waals surface area contributed by atoms with E-state index < -0.39 is 103 Å². The summed E-state index contributed by atoms with van der Waals surface area (Å²) in [7, 11) is 0. The minimum Gasteiger partial charge on any atom is -0.508 e. The number of hydrogen-bond donors (Lipinski definition) is 12. The number of aliphatic carboxylic acids is 1. The maximum absolute atomic E-state index is 13.0. The number of phenols is 1. The third-order valence-electron chi connectivity index (χ3n) is 6.72. The Balaban J connectivity index is 2.89. The summed E-state index contributed by atoms with van der Waals surface area (Å²) in [6, 6.07) is -3.51. The van der Waals surface area contributed by atoms with Gasteiger partial charge >= 0.3 is 5.97 Å². The number of carboxylic acid groups (broad SMARTS) is 1. The van der Waals surface area contributed by atoms with Gasteiger partial charge in [-0.1, -0.05) is 26.0 Å². The Morgan fingerprint density at radius 1 is 0.681 bits per heavy atom. The lowest BCUT2D eigenvalue weighted by Gasteiger charge is -2.27. The highest BCUT2D eigenvalue weighted by Crippen LogP contribution is 2.12. The molecule has 0 aromatic heterocycles. The third-order valence-corrected chi connectivity index (χ3v) is 6.72. The Kier molecular flexibility index (Phi) is 16.8. The first-order valence-electron chi connectivity index (χ1n) is 14.4. The molecule has 0 unspecified atom stereocenters. The van der Waals surface area contributed by atoms with Crippen molar-refractivity contribution in [3.05, 3.63) is 29.8 Å². The average molecular weight is 670 g/mol. The first kappa shape index (κ1) is 40.2. The number of nitrogens with two attached hydrogens (primary N) is 2. The van der Waals surface area contributed by atoms with Gasteiger partial charge in [0, 0.05) is 12.8 Å². The van der Waals surface area contributed by atoms with Crippen molar-refractivity contribution in [2.75, 3.05) is 19.8 Å². The van der Waals surface area contributed by atoms with E-state index in [0.717, 1.165) is 0 Å². The van der Waals surface area contributed by atoms with Crippen LogP contribution in [0.2, 0.25) is 0 Å². The van der Waals surface area contributed by atoms with Crippen LogP contribution in [0.3, 0.4) is 0 Å². The monoisotopic (exact) mass is 669 g/mol. The summed E-state index contributed by atoms with van der Waals surface area (Å²) in [5.41, 5.74) is 11.1. The van der Waals surface area contributed by atoms with Crippen molar-refractivity contribution >= 4 is 41.4 Å². The number of nitrogens with one attached hydrogen (secondary N) is 5. The summed E-state index contributed by atoms with van der Waals surface area (Å²) in [5, 5.41) is 59.1. The van der Waals surface area contributed by atoms with Crippen LogP contribution in [-0.2, 0) is 40.0 Å². The minimum absolute atomic E-state index is 0.0569. The van der Waals surface area contributed by atoms with Gasteiger partial charge in [0.15, 0.2) is 0 Å². The normalized spacial score (nSPS) is 14.8. The zero-order valence-corrected chi connectivity index (χ0v) is 25.8. The lowest BCUT2D eigenvalue weighted by Crippen LogP contribution is -2.61. The molecule has 6 atom stereocenters. The maximum atomic E-state index is 13.0. The largest absolute Gasteiger partial charge is 0.508 e. The first-order chi connectivity index (χ1) is 22.0. The number of aliphatic hydroxyl groups excluding tert-OH is 3. The van der Waals surface area contributed by atoms with Crippen molar-refractivity contribution in [1.82, 2.24) is 26.6 Å². The summed E-state index contributed by atoms with van der Waals surface area (Å²) in [6.07, 6.45) is -0.525. The van der Waals surface area contributed by atoms with E-state index in [9.17, 15) is 59.1 Å². The topological polar surface area (TPSA) is 333 Å². The van der Waals surface area contributed by atoms with Crippen LogP contribution >= 0.6 is 0 Å². The average Bonchev–Trinajstić information content (AvgIpc) is 3.02. The Hall–Kier alpha value is -4.85. The number of phenolic OH excluding ortho intramolecular Hbond substituents is 1. The number of benzene rings is 1. The van der Waals surface area contributed by atoms with Gasteiger partial charge in [0.25, 0.3) is 0 Å². The molecule has 0 heterocycles. The van der Waals surface area contributed by atoms with Gasteiger partial charge in [-0.05, 0) is 30.0 Å². The van der Waals surface area contributed by atoms with Crippen LogP contribution in [0, 0.1) is 5.92 Å². The van der Waals surface area contributed by atoms with E-state index >= 15 is 0 Å². The van der Waals surface area contributed by atoms with E-state index in [-0.39, 0.29) is 25.0 Å². The second-order valence-corrected chi connectivity index (χ2v) is 10.8. The van der Waals surface area contributed by atoms with Crippen molar-refractivity contribution in [3.8, 4) is 5.75 Å². The summed E-state index contributed by atoms with van der Waals surface area (Å²) in [5.74, 6) is -7.90. The maximum Gasteiger partial charge on any atom is 0.326 e. The molecule has 14 N–H and O–H groups in total. The molecule has 1 aromatic carbocycles. The van der Waals surface area contributed by atoms with Crippen molar-refractivity contribution in [2.45, 2.75) is 69.4 Å². The van der Waals surface area contributed by atoms with Gasteiger partial charge in [0.1, 0.15) is 36.0 Å². The number of primary amides is 1. The van der Waals surface area contributed by atoms with Crippen molar-refractivity contribution in [1.29, 1.82) is 0 Å². The van der Waals surface area contributed by atoms with E-state index in [0.29, 0.717) is 5.56 Å². The summed E-state index contributed by atoms with van der Waals surface area (Å²) < 4.78 is 0. The Morgan fingerprint density at radius 3 is 1.53 bits per heavy atom. The van der Waals surface area contributed by atoms with Crippen LogP contribution in [0.25, 0.3) is 0 Å². The highest BCUT2D eigenvalue weighted by atomic mass is 16.4. The molecule has 6 amide bonds. The zero-order chi connectivity index (χ0) is 35.8. The second kappa shape index (κ2) is 19.6. The molecule has 0 bridgehead atoms. The molecular weight excluding hydrogens is 626 g/mol. The van der Waals surface area contributed by atoms with Gasteiger partial charge in [0.05, 0.1) is 25.9 Å². The van der Waals surface area contributed by atoms with Crippen molar-refractivity contribution in [2.24, 2.45) is 17.4 Å². The number of carbonyl (C=O) groups is 7. The van der Waals surface area contributed by atoms with Gasteiger partial charge in [-0.2, -0.15) is 0 Å². The van der Waals surface area contributed by atoms with E-state index in [1.807, 2.05) is 0 Å². The molecule has 0 saturated heterocycles. The first-order valence-corrected chi connectivity index (χ1v) is 14.4. The molecule has 0 aliphatic carbocycles. The highest BCUT2D eigenvalue weighted by Gasteiger charge is 2.33. The summed E-state index contributed by atoms with van der Waals surface area (Å²) in [4.78, 5) is 86.3. The SMILES string of the molecule is CC(C)[C@H](NC(=O)[C@H](CO)NC(=O)[C@@H](N)CCC(N)=O)C(=O)N[C@@H](CO)C(=O)N[C@@H](CO)C(=O)N[C@@H](Cc1ccc(O)cc1)C(=O)O. The molecule has 0 saturated carbocycles. The fraction of sp³-hybridized carbons (Fsp3) is 0.536. The lowest BCUT2D eigenvalue weighted by atomic mass is 10.0. The highest BCUT2D eigenvalue weighted by molar-refractivity contribution is 5.96. The molecule has 1 aromatic rings. The van der Waals surface area contributed by atoms with Crippen LogP contribution in [-0.4, -0.2) is 123 Å². The molecule has 47 heavy (non-hydrogen) atoms. The quantitative estimate of drug-likeness (QED) is 0.0618. The number of aromatic hydroxyl groups is 1. The number of amides is 6. The van der Waals surface area contributed by atoms with Gasteiger partial charge in [0.2, 0.25) is 35.4 Å². The van der Waals surface area contributed by atoms with E-state index in [1.54, 1.807) is 0 Å². The molecule has 0 fully saturated rings. The second-order valence-electron chi connectivity index (χ2n) is 10.8. The Morgan fingerprint density at radius 2 is 1.11 bits per heavy atom. The number of carbonyl (C=O) groups excluding carboxylic acids is 6. The number of hydrogen-bond acceptors (Lipinski definition) is 12. The predicted molar refractivity (Wildman–Crippen MR) is 162 cm³/mol. The summed E-state index contributed by atoms with van der Waals surface area (Å²) >= 11 is 0. The minimum atomic E-state index is -1.70. The van der Waals surface area contributed by atoms with Gasteiger partial charge in [-0.15, -0.1) is 0 Å². The number of aliphatic hydroxyl groups is 3. The summed E-state index contributed by atoms with van der Waals surface area (Å²) in [6.45, 7) is 0.173. The molecule has 19 nitrogen and oxygen atoms in total. The van der Waals surface area contributed by atoms with Crippen molar-refractivity contribution < 1.29 is 59.1 Å². The van der Waals surface area contributed by atoms with E-state index in [1.165, 1.54) is 38.1 Å². The van der Waals surface area contributed by atoms with Crippen molar-refractivity contribution in [3.63, 3.8) is 0 Å².